The van der Waals surface area contributed by atoms with Crippen molar-refractivity contribution in [1.82, 2.24) is 4.98 Å². The number of rotatable bonds is 5. The summed E-state index contributed by atoms with van der Waals surface area (Å²) in [5, 5.41) is 9.92. The molecule has 0 aliphatic heterocycles. The van der Waals surface area contributed by atoms with Gasteiger partial charge in [0.1, 0.15) is 11.0 Å². The molecule has 3 nitrogen and oxygen atoms in total. The molecule has 0 aliphatic rings. The number of aliphatic carboxylic acids is 1. The molecule has 1 N–H and O–H groups in total. The summed E-state index contributed by atoms with van der Waals surface area (Å²) in [5.41, 5.74) is 0.938. The maximum atomic E-state index is 13.6. The first-order valence-electron chi connectivity index (χ1n) is 6.23. The third kappa shape index (κ3) is 4.16. The number of carboxylic acids is 1. The van der Waals surface area contributed by atoms with Gasteiger partial charge in [-0.05, 0) is 36.1 Å². The van der Waals surface area contributed by atoms with E-state index in [0.717, 1.165) is 0 Å². The van der Waals surface area contributed by atoms with Gasteiger partial charge in [-0.15, -0.1) is 0 Å². The van der Waals surface area contributed by atoms with E-state index in [-0.39, 0.29) is 18.0 Å². The zero-order chi connectivity index (χ0) is 15.4. The minimum atomic E-state index is -1.01. The molecule has 1 aromatic heterocycles. The van der Waals surface area contributed by atoms with Crippen LogP contribution in [-0.4, -0.2) is 16.1 Å². The lowest BCUT2D eigenvalue weighted by molar-refractivity contribution is -0.141. The zero-order valence-corrected chi connectivity index (χ0v) is 12.4. The molecule has 1 heterocycles. The standard InChI is InChI=1S/C15H12Cl2FNO2/c16-12-7-14(17)19-8-11(12)6-10(15(20)21)5-9-3-1-2-4-13(9)18/h1-4,7-8,10H,5-6H2,(H,20,21). The molecule has 2 rings (SSSR count). The lowest BCUT2D eigenvalue weighted by Gasteiger charge is -2.14. The van der Waals surface area contributed by atoms with E-state index in [2.05, 4.69) is 4.98 Å². The van der Waals surface area contributed by atoms with Crippen LogP contribution in [0.1, 0.15) is 11.1 Å². The molecule has 1 unspecified atom stereocenters. The van der Waals surface area contributed by atoms with Crippen molar-refractivity contribution in [1.29, 1.82) is 0 Å². The van der Waals surface area contributed by atoms with Gasteiger partial charge in [0.25, 0.3) is 0 Å². The van der Waals surface area contributed by atoms with Crippen LogP contribution < -0.4 is 0 Å². The highest BCUT2D eigenvalue weighted by atomic mass is 35.5. The number of benzene rings is 1. The van der Waals surface area contributed by atoms with Crippen LogP contribution in [0.3, 0.4) is 0 Å². The van der Waals surface area contributed by atoms with Gasteiger partial charge in [-0.2, -0.15) is 0 Å². The van der Waals surface area contributed by atoms with Gasteiger partial charge in [0, 0.05) is 11.2 Å². The average Bonchev–Trinajstić information content (AvgIpc) is 2.42. The summed E-state index contributed by atoms with van der Waals surface area (Å²) in [6.45, 7) is 0. The molecule has 0 saturated heterocycles. The van der Waals surface area contributed by atoms with E-state index in [4.69, 9.17) is 23.2 Å². The van der Waals surface area contributed by atoms with Crippen molar-refractivity contribution in [3.05, 3.63) is 63.6 Å². The molecule has 0 spiro atoms. The predicted molar refractivity (Wildman–Crippen MR) is 79.2 cm³/mol. The van der Waals surface area contributed by atoms with E-state index >= 15 is 0 Å². The summed E-state index contributed by atoms with van der Waals surface area (Å²) in [7, 11) is 0. The quantitative estimate of drug-likeness (QED) is 0.844. The Morgan fingerprint density at radius 3 is 2.52 bits per heavy atom. The summed E-state index contributed by atoms with van der Waals surface area (Å²) in [5.74, 6) is -2.21. The first-order chi connectivity index (χ1) is 9.97. The van der Waals surface area contributed by atoms with E-state index in [1.54, 1.807) is 18.2 Å². The SMILES string of the molecule is O=C(O)C(Cc1ccccc1F)Cc1cnc(Cl)cc1Cl. The monoisotopic (exact) mass is 327 g/mol. The Hall–Kier alpha value is -1.65. The van der Waals surface area contributed by atoms with Gasteiger partial charge in [0.05, 0.1) is 5.92 Å². The second-order valence-electron chi connectivity index (χ2n) is 4.63. The van der Waals surface area contributed by atoms with Crippen molar-refractivity contribution in [2.45, 2.75) is 12.8 Å². The normalized spacial score (nSPS) is 12.1. The Labute approximate surface area is 131 Å². The second kappa shape index (κ2) is 6.87. The highest BCUT2D eigenvalue weighted by molar-refractivity contribution is 6.34. The van der Waals surface area contributed by atoms with Crippen LogP contribution in [0.5, 0.6) is 0 Å². The van der Waals surface area contributed by atoms with Gasteiger partial charge in [0.2, 0.25) is 0 Å². The summed E-state index contributed by atoms with van der Waals surface area (Å²) >= 11 is 11.7. The van der Waals surface area contributed by atoms with Gasteiger partial charge in [-0.25, -0.2) is 9.37 Å². The molecule has 1 atom stereocenters. The van der Waals surface area contributed by atoms with E-state index in [1.807, 2.05) is 0 Å². The topological polar surface area (TPSA) is 50.2 Å². The van der Waals surface area contributed by atoms with Gasteiger partial charge in [-0.3, -0.25) is 4.79 Å². The number of pyridine rings is 1. The van der Waals surface area contributed by atoms with Crippen molar-refractivity contribution in [3.63, 3.8) is 0 Å². The Morgan fingerprint density at radius 2 is 1.90 bits per heavy atom. The first-order valence-corrected chi connectivity index (χ1v) is 6.99. The Morgan fingerprint density at radius 1 is 1.24 bits per heavy atom. The molecule has 0 saturated carbocycles. The van der Waals surface area contributed by atoms with Crippen LogP contribution in [0.25, 0.3) is 0 Å². The Bertz CT molecular complexity index is 664. The maximum Gasteiger partial charge on any atom is 0.307 e. The van der Waals surface area contributed by atoms with E-state index in [0.29, 0.717) is 16.1 Å². The fourth-order valence-corrected chi connectivity index (χ4v) is 2.47. The third-order valence-corrected chi connectivity index (χ3v) is 3.69. The molecule has 21 heavy (non-hydrogen) atoms. The summed E-state index contributed by atoms with van der Waals surface area (Å²) in [6.07, 6.45) is 1.69. The molecule has 2 aromatic rings. The lowest BCUT2D eigenvalue weighted by Crippen LogP contribution is -2.20. The number of hydrogen-bond donors (Lipinski definition) is 1. The van der Waals surface area contributed by atoms with Crippen LogP contribution in [0.15, 0.2) is 36.5 Å². The molecular weight excluding hydrogens is 316 g/mol. The van der Waals surface area contributed by atoms with Gasteiger partial charge in [0.15, 0.2) is 0 Å². The van der Waals surface area contributed by atoms with Crippen molar-refractivity contribution < 1.29 is 14.3 Å². The number of carbonyl (C=O) groups is 1. The molecule has 0 bridgehead atoms. The highest BCUT2D eigenvalue weighted by Crippen LogP contribution is 2.24. The second-order valence-corrected chi connectivity index (χ2v) is 5.43. The summed E-state index contributed by atoms with van der Waals surface area (Å²) in [6, 6.07) is 7.58. The lowest BCUT2D eigenvalue weighted by atomic mass is 9.93. The Kier molecular flexibility index (Phi) is 5.15. The summed E-state index contributed by atoms with van der Waals surface area (Å²) < 4.78 is 13.6. The van der Waals surface area contributed by atoms with Crippen LogP contribution in [-0.2, 0) is 17.6 Å². The molecule has 0 radical (unpaired) electrons. The maximum absolute atomic E-state index is 13.6. The smallest absolute Gasteiger partial charge is 0.307 e. The van der Waals surface area contributed by atoms with Crippen LogP contribution in [0, 0.1) is 11.7 Å². The van der Waals surface area contributed by atoms with E-state index < -0.39 is 17.7 Å². The molecule has 110 valence electrons. The highest BCUT2D eigenvalue weighted by Gasteiger charge is 2.21. The molecule has 0 fully saturated rings. The minimum Gasteiger partial charge on any atom is -0.481 e. The minimum absolute atomic E-state index is 0.0843. The van der Waals surface area contributed by atoms with Crippen molar-refractivity contribution in [2.24, 2.45) is 5.92 Å². The van der Waals surface area contributed by atoms with Crippen LogP contribution in [0.4, 0.5) is 4.39 Å². The predicted octanol–water partition coefficient (Wildman–Crippen LogP) is 4.01. The van der Waals surface area contributed by atoms with E-state index in [1.165, 1.54) is 18.3 Å². The molecule has 0 aliphatic carbocycles. The number of carboxylic acid groups (broad SMARTS) is 1. The van der Waals surface area contributed by atoms with Gasteiger partial charge in [-0.1, -0.05) is 41.4 Å². The zero-order valence-electron chi connectivity index (χ0n) is 10.9. The van der Waals surface area contributed by atoms with Crippen molar-refractivity contribution in [2.75, 3.05) is 0 Å². The Balaban J connectivity index is 2.20. The first kappa shape index (κ1) is 15.7. The van der Waals surface area contributed by atoms with Gasteiger partial charge < -0.3 is 5.11 Å². The molecule has 1 aromatic carbocycles. The summed E-state index contributed by atoms with van der Waals surface area (Å²) in [4.78, 5) is 15.3. The van der Waals surface area contributed by atoms with Crippen molar-refractivity contribution >= 4 is 29.2 Å². The number of aromatic nitrogens is 1. The largest absolute Gasteiger partial charge is 0.481 e. The molecule has 6 heteroatoms. The van der Waals surface area contributed by atoms with Crippen molar-refractivity contribution in [3.8, 4) is 0 Å². The average molecular weight is 328 g/mol. The molecular formula is C15H12Cl2FNO2. The third-order valence-electron chi connectivity index (χ3n) is 3.14. The number of halogens is 3. The van der Waals surface area contributed by atoms with Gasteiger partial charge >= 0.3 is 5.97 Å². The fourth-order valence-electron chi connectivity index (χ4n) is 2.03. The fraction of sp³-hybridized carbons (Fsp3) is 0.200. The number of hydrogen-bond acceptors (Lipinski definition) is 2. The van der Waals surface area contributed by atoms with Crippen LogP contribution >= 0.6 is 23.2 Å². The van der Waals surface area contributed by atoms with E-state index in [9.17, 15) is 14.3 Å². The number of nitrogens with zero attached hydrogens (tertiary/aromatic N) is 1. The molecule has 0 amide bonds. The van der Waals surface area contributed by atoms with Crippen LogP contribution in [0.2, 0.25) is 10.2 Å².